The van der Waals surface area contributed by atoms with E-state index in [9.17, 15) is 121 Å². The summed E-state index contributed by atoms with van der Waals surface area (Å²) in [5, 5.41) is 116. The number of nitrogens with one attached hydrogen (secondary N) is 17. The van der Waals surface area contributed by atoms with Gasteiger partial charge in [-0.05, 0) is 95.3 Å². The highest BCUT2D eigenvalue weighted by Gasteiger charge is 2.38. The summed E-state index contributed by atoms with van der Waals surface area (Å²) in [6, 6.07) is -20.2. The zero-order chi connectivity index (χ0) is 85.8. The maximum atomic E-state index is 14.5. The van der Waals surface area contributed by atoms with Gasteiger partial charge in [-0.2, -0.15) is 0 Å². The summed E-state index contributed by atoms with van der Waals surface area (Å²) in [6.07, 6.45) is -8.82. The topological polar surface area (TPSA) is 789 Å². The molecule has 0 unspecified atom stereocenters. The SMILES string of the molecule is CC(C)C[C@H](NC(=O)[C@H](CCCNC(=N)N)NC(=O)[C@H](CCC(=O)O)NC(=O)[C@H](C)NC(=O)[C@@H](N)CCC(=O)O)C(=O)N[C@@H](CC(C)C)C(=O)N[C@@H](CCC(=O)O)C(=O)N[C@@H](CCC(=O)O)C(=O)N[C@H](C(=O)N[C@@H](CCC(=O)O)C(=O)N[C@@H](CCCNC(=N)N)C(=O)NCC(=O)NCC(=O)N[C@@H](CC(=O)O)C(=O)O)C(C)C. The van der Waals surface area contributed by atoms with Crippen LogP contribution in [0.5, 0.6) is 0 Å². The van der Waals surface area contributed by atoms with Crippen LogP contribution in [0.1, 0.15) is 158 Å². The molecule has 0 aliphatic rings. The summed E-state index contributed by atoms with van der Waals surface area (Å²) in [4.78, 5) is 260. The molecule has 47 heteroatoms. The average Bonchev–Trinajstić information content (AvgIpc) is 0.851. The Hall–Kier alpha value is -12.1. The maximum absolute atomic E-state index is 14.5. The van der Waals surface area contributed by atoms with Gasteiger partial charge in [-0.1, -0.05) is 41.5 Å². The summed E-state index contributed by atoms with van der Waals surface area (Å²) < 4.78 is 0. The molecule has 30 N–H and O–H groups in total. The van der Waals surface area contributed by atoms with Crippen molar-refractivity contribution in [3.8, 4) is 0 Å². The maximum Gasteiger partial charge on any atom is 0.326 e. The summed E-state index contributed by atoms with van der Waals surface area (Å²) in [7, 11) is 0. The monoisotopic (exact) mass is 1600 g/mol. The molecule has 0 fully saturated rings. The molecule has 0 saturated heterocycles. The highest BCUT2D eigenvalue weighted by Crippen LogP contribution is 2.15. The Kier molecular flexibility index (Phi) is 46.5. The van der Waals surface area contributed by atoms with Crippen molar-refractivity contribution in [1.29, 1.82) is 10.8 Å². The van der Waals surface area contributed by atoms with Gasteiger partial charge in [0.2, 0.25) is 76.8 Å². The molecule has 0 aliphatic carbocycles. The van der Waals surface area contributed by atoms with E-state index in [0.717, 1.165) is 0 Å². The number of carboxylic acid groups (broad SMARTS) is 7. The van der Waals surface area contributed by atoms with Crippen molar-refractivity contribution in [2.24, 2.45) is 35.0 Å². The van der Waals surface area contributed by atoms with E-state index in [1.165, 1.54) is 20.8 Å². The molecular formula is C65H108N20O27. The molecule has 0 rings (SSSR count). The first-order valence-electron chi connectivity index (χ1n) is 35.5. The van der Waals surface area contributed by atoms with Gasteiger partial charge in [0.05, 0.1) is 25.6 Å². The lowest BCUT2D eigenvalue weighted by molar-refractivity contribution is -0.147. The van der Waals surface area contributed by atoms with Crippen molar-refractivity contribution in [3.05, 3.63) is 0 Å². The third kappa shape index (κ3) is 43.8. The largest absolute Gasteiger partial charge is 0.481 e. The van der Waals surface area contributed by atoms with Gasteiger partial charge in [-0.25, -0.2) is 4.79 Å². The number of hydrogen-bond donors (Lipinski definition) is 27. The molecule has 0 heterocycles. The highest BCUT2D eigenvalue weighted by molar-refractivity contribution is 6.00. The molecule has 0 aromatic heterocycles. The summed E-state index contributed by atoms with van der Waals surface area (Å²) in [5.41, 5.74) is 16.5. The van der Waals surface area contributed by atoms with Crippen LogP contribution in [0.3, 0.4) is 0 Å². The normalized spacial score (nSPS) is 14.1. The minimum absolute atomic E-state index is 0.0170. The molecule has 0 saturated carbocycles. The Balaban J connectivity index is 7.19. The highest BCUT2D eigenvalue weighted by atomic mass is 16.4. The molecule has 12 atom stereocenters. The summed E-state index contributed by atoms with van der Waals surface area (Å²) >= 11 is 0. The van der Waals surface area contributed by atoms with E-state index in [1.54, 1.807) is 27.7 Å². The van der Waals surface area contributed by atoms with E-state index in [0.29, 0.717) is 0 Å². The van der Waals surface area contributed by atoms with E-state index >= 15 is 0 Å². The van der Waals surface area contributed by atoms with E-state index < -0.39 is 298 Å². The number of hydrogen-bond acceptors (Lipinski definition) is 23. The third-order valence-electron chi connectivity index (χ3n) is 15.9. The predicted octanol–water partition coefficient (Wildman–Crippen LogP) is -7.94. The lowest BCUT2D eigenvalue weighted by atomic mass is 9.99. The fourth-order valence-corrected chi connectivity index (χ4v) is 10.1. The van der Waals surface area contributed by atoms with E-state index in [1.807, 2.05) is 5.32 Å². The first-order valence-corrected chi connectivity index (χ1v) is 35.5. The molecule has 630 valence electrons. The van der Waals surface area contributed by atoms with E-state index in [4.69, 9.17) is 38.2 Å². The van der Waals surface area contributed by atoms with Crippen molar-refractivity contribution in [2.75, 3.05) is 26.2 Å². The van der Waals surface area contributed by atoms with Gasteiger partial charge in [0.1, 0.15) is 66.5 Å². The van der Waals surface area contributed by atoms with Gasteiger partial charge in [-0.15, -0.1) is 0 Å². The number of aliphatic carboxylic acids is 7. The molecule has 0 aliphatic heterocycles. The summed E-state index contributed by atoms with van der Waals surface area (Å²) in [6.45, 7) is 8.55. The van der Waals surface area contributed by atoms with Crippen molar-refractivity contribution in [1.82, 2.24) is 79.8 Å². The van der Waals surface area contributed by atoms with Crippen LogP contribution in [-0.2, 0) is 95.9 Å². The second kappa shape index (κ2) is 52.1. The van der Waals surface area contributed by atoms with Gasteiger partial charge in [-0.3, -0.25) is 102 Å². The van der Waals surface area contributed by atoms with Crippen LogP contribution in [0.15, 0.2) is 0 Å². The van der Waals surface area contributed by atoms with E-state index in [2.05, 4.69) is 74.4 Å². The third-order valence-corrected chi connectivity index (χ3v) is 15.9. The Labute approximate surface area is 642 Å². The number of carboxylic acids is 7. The Bertz CT molecular complexity index is 3360. The van der Waals surface area contributed by atoms with E-state index in [-0.39, 0.29) is 58.0 Å². The number of amides is 13. The Morgan fingerprint density at radius 2 is 0.625 bits per heavy atom. The molecule has 47 nitrogen and oxygen atoms in total. The molecule has 0 radical (unpaired) electrons. The number of carbonyl (C=O) groups is 20. The van der Waals surface area contributed by atoms with Crippen molar-refractivity contribution >= 4 is 130 Å². The van der Waals surface area contributed by atoms with Crippen LogP contribution in [0.4, 0.5) is 0 Å². The Morgan fingerprint density at radius 1 is 0.312 bits per heavy atom. The van der Waals surface area contributed by atoms with Gasteiger partial charge in [0, 0.05) is 45.2 Å². The molecule has 0 bridgehead atoms. The average molecular weight is 1600 g/mol. The number of nitrogens with two attached hydrogens (primary N) is 3. The van der Waals surface area contributed by atoms with Crippen molar-refractivity contribution in [3.63, 3.8) is 0 Å². The molecule has 0 aromatic rings. The first kappa shape index (κ1) is 99.9. The van der Waals surface area contributed by atoms with Crippen LogP contribution in [0, 0.1) is 28.6 Å². The van der Waals surface area contributed by atoms with Gasteiger partial charge in [0.25, 0.3) is 0 Å². The predicted molar refractivity (Wildman–Crippen MR) is 387 cm³/mol. The molecule has 112 heavy (non-hydrogen) atoms. The number of rotatable bonds is 57. The lowest BCUT2D eigenvalue weighted by Crippen LogP contribution is -2.61. The fraction of sp³-hybridized carbons (Fsp3) is 0.662. The molecule has 13 amide bonds. The number of carbonyl (C=O) groups excluding carboxylic acids is 13. The minimum Gasteiger partial charge on any atom is -0.481 e. The van der Waals surface area contributed by atoms with Gasteiger partial charge >= 0.3 is 41.8 Å². The molecule has 0 aromatic carbocycles. The number of guanidine groups is 2. The zero-order valence-corrected chi connectivity index (χ0v) is 63.0. The lowest BCUT2D eigenvalue weighted by Gasteiger charge is -2.29. The second-order valence-electron chi connectivity index (χ2n) is 27.0. The first-order chi connectivity index (χ1) is 52.1. The van der Waals surface area contributed by atoms with Crippen LogP contribution in [0.25, 0.3) is 0 Å². The van der Waals surface area contributed by atoms with Crippen molar-refractivity contribution in [2.45, 2.75) is 230 Å². The fourth-order valence-electron chi connectivity index (χ4n) is 10.1. The van der Waals surface area contributed by atoms with Crippen LogP contribution in [0.2, 0.25) is 0 Å². The van der Waals surface area contributed by atoms with Gasteiger partial charge in [0.15, 0.2) is 11.9 Å². The van der Waals surface area contributed by atoms with Crippen LogP contribution in [-0.4, -0.2) is 265 Å². The molecular weight excluding hydrogens is 1490 g/mol. The Morgan fingerprint density at radius 3 is 0.964 bits per heavy atom. The van der Waals surface area contributed by atoms with Gasteiger partial charge < -0.3 is 133 Å². The molecule has 0 spiro atoms. The summed E-state index contributed by atoms with van der Waals surface area (Å²) in [5.74, 6) is -27.9. The standard InChI is InChI=1S/C65H108N20O27/c1-29(2)24-40(84-61(109)41(25-30(3)4)83-55(103)35(11-9-23-72-65(69)70)79-56(104)36(13-18-46(90)91)77-52(100)32(7)75-53(101)33(66)12-17-45(88)89)60(108)81-37(14-19-47(92)93)57(105)80-39(16-21-49(96)97)59(107)85-51(31(5)6)62(110)82-38(15-20-48(94)95)58(106)78-34(10-8-22-71-64(67)68)54(102)74-27-43(86)73-28-44(87)76-42(63(111)112)26-50(98)99/h29-42,51H,8-28,66H2,1-7H3,(H,73,86)(H,74,102)(H,75,101)(H,76,87)(H,77,100)(H,78,106)(H,79,104)(H,80,105)(H,81,108)(H,82,110)(H,83,103)(H,84,109)(H,85,107)(H,88,89)(H,90,91)(H,92,93)(H,94,95)(H,96,97)(H,98,99)(H,111,112)(H4,67,68,71)(H4,69,70,72)/t32-,33-,34-,35-,36-,37-,38-,39-,40-,41-,42-,51-/m0/s1. The second-order valence-corrected chi connectivity index (χ2v) is 27.0. The smallest absolute Gasteiger partial charge is 0.326 e. The van der Waals surface area contributed by atoms with Crippen molar-refractivity contribution < 1.29 is 132 Å². The van der Waals surface area contributed by atoms with Crippen LogP contribution < -0.4 is 97.0 Å². The zero-order valence-electron chi connectivity index (χ0n) is 63.0. The quantitative estimate of drug-likeness (QED) is 0.0153. The van der Waals surface area contributed by atoms with Crippen LogP contribution >= 0.6 is 0 Å². The minimum atomic E-state index is -1.94.